The second kappa shape index (κ2) is 2.48. The van der Waals surface area contributed by atoms with E-state index in [0.717, 1.165) is 25.4 Å². The van der Waals surface area contributed by atoms with Gasteiger partial charge in [0.25, 0.3) is 0 Å². The number of primary amides is 1. The molecule has 0 spiro atoms. The van der Waals surface area contributed by atoms with Gasteiger partial charge >= 0.3 is 0 Å². The highest BCUT2D eigenvalue weighted by Gasteiger charge is 2.37. The van der Waals surface area contributed by atoms with Gasteiger partial charge in [0.1, 0.15) is 0 Å². The molecule has 0 saturated carbocycles. The quantitative estimate of drug-likeness (QED) is 0.576. The number of nitrogens with two attached hydrogens (primary N) is 1. The minimum atomic E-state index is -0.130. The third kappa shape index (κ3) is 1.13. The van der Waals surface area contributed by atoms with Crippen molar-refractivity contribution >= 4 is 5.91 Å². The summed E-state index contributed by atoms with van der Waals surface area (Å²) >= 11 is 0. The second-order valence-electron chi connectivity index (χ2n) is 3.66. The summed E-state index contributed by atoms with van der Waals surface area (Å²) in [6, 6.07) is 0.0579. The van der Waals surface area contributed by atoms with Crippen LogP contribution in [0.4, 0.5) is 0 Å². The SMILES string of the molecule is NC(=O)[C@H]1C[C@@H]2CCCN1C2. The Labute approximate surface area is 66.5 Å². The highest BCUT2D eigenvalue weighted by atomic mass is 16.1. The Morgan fingerprint density at radius 1 is 1.55 bits per heavy atom. The first-order valence-electron chi connectivity index (χ1n) is 4.31. The van der Waals surface area contributed by atoms with E-state index >= 15 is 0 Å². The lowest BCUT2D eigenvalue weighted by Gasteiger charge is -2.24. The smallest absolute Gasteiger partial charge is 0.234 e. The van der Waals surface area contributed by atoms with Crippen LogP contribution in [-0.4, -0.2) is 29.9 Å². The largest absolute Gasteiger partial charge is 0.368 e. The van der Waals surface area contributed by atoms with Crippen molar-refractivity contribution < 1.29 is 4.79 Å². The number of nitrogens with zero attached hydrogens (tertiary/aromatic N) is 1. The monoisotopic (exact) mass is 154 g/mol. The average Bonchev–Trinajstić information content (AvgIpc) is 2.27. The van der Waals surface area contributed by atoms with Gasteiger partial charge in [0.05, 0.1) is 6.04 Å². The van der Waals surface area contributed by atoms with Crippen LogP contribution in [0.2, 0.25) is 0 Å². The van der Waals surface area contributed by atoms with E-state index in [9.17, 15) is 4.79 Å². The molecule has 0 aromatic carbocycles. The third-order valence-corrected chi connectivity index (χ3v) is 2.88. The van der Waals surface area contributed by atoms with E-state index in [1.54, 1.807) is 0 Å². The number of piperidine rings is 1. The van der Waals surface area contributed by atoms with E-state index < -0.39 is 0 Å². The zero-order valence-corrected chi connectivity index (χ0v) is 6.62. The van der Waals surface area contributed by atoms with Gasteiger partial charge in [-0.15, -0.1) is 0 Å². The molecule has 2 N–H and O–H groups in total. The summed E-state index contributed by atoms with van der Waals surface area (Å²) in [7, 11) is 0. The summed E-state index contributed by atoms with van der Waals surface area (Å²) in [5.41, 5.74) is 5.27. The van der Waals surface area contributed by atoms with Gasteiger partial charge in [-0.25, -0.2) is 0 Å². The molecule has 0 aliphatic carbocycles. The molecule has 2 aliphatic heterocycles. The Balaban J connectivity index is 2.08. The highest BCUT2D eigenvalue weighted by molar-refractivity contribution is 5.80. The van der Waals surface area contributed by atoms with Crippen LogP contribution in [0.25, 0.3) is 0 Å². The lowest BCUT2D eigenvalue weighted by atomic mass is 10.00. The molecular weight excluding hydrogens is 140 g/mol. The fraction of sp³-hybridized carbons (Fsp3) is 0.875. The van der Waals surface area contributed by atoms with Crippen molar-refractivity contribution in [1.82, 2.24) is 4.90 Å². The van der Waals surface area contributed by atoms with Gasteiger partial charge < -0.3 is 5.73 Å². The highest BCUT2D eigenvalue weighted by Crippen LogP contribution is 2.31. The maximum Gasteiger partial charge on any atom is 0.234 e. The Morgan fingerprint density at radius 3 is 3.00 bits per heavy atom. The zero-order chi connectivity index (χ0) is 7.84. The molecule has 0 radical (unpaired) electrons. The van der Waals surface area contributed by atoms with Crippen LogP contribution in [0.15, 0.2) is 0 Å². The van der Waals surface area contributed by atoms with Crippen molar-refractivity contribution in [3.05, 3.63) is 0 Å². The molecule has 2 saturated heterocycles. The van der Waals surface area contributed by atoms with Crippen molar-refractivity contribution in [3.8, 4) is 0 Å². The van der Waals surface area contributed by atoms with E-state index in [0.29, 0.717) is 0 Å². The molecule has 3 heteroatoms. The van der Waals surface area contributed by atoms with E-state index in [4.69, 9.17) is 5.73 Å². The predicted molar refractivity (Wildman–Crippen MR) is 41.9 cm³/mol. The van der Waals surface area contributed by atoms with Crippen LogP contribution in [0, 0.1) is 5.92 Å². The topological polar surface area (TPSA) is 46.3 Å². The molecular formula is C8H14N2O. The standard InChI is InChI=1S/C8H14N2O/c9-8(11)7-4-6-2-1-3-10(7)5-6/h6-7H,1-5H2,(H2,9,11)/t6-,7+/m0/s1. The van der Waals surface area contributed by atoms with Crippen LogP contribution < -0.4 is 5.73 Å². The van der Waals surface area contributed by atoms with Gasteiger partial charge in [-0.1, -0.05) is 0 Å². The average molecular weight is 154 g/mol. The van der Waals surface area contributed by atoms with Crippen molar-refractivity contribution in [1.29, 1.82) is 0 Å². The van der Waals surface area contributed by atoms with Crippen molar-refractivity contribution in [3.63, 3.8) is 0 Å². The third-order valence-electron chi connectivity index (χ3n) is 2.88. The molecule has 62 valence electrons. The predicted octanol–water partition coefficient (Wildman–Crippen LogP) is -0.0440. The second-order valence-corrected chi connectivity index (χ2v) is 3.66. The molecule has 2 fully saturated rings. The number of carbonyl (C=O) groups is 1. The maximum atomic E-state index is 10.9. The first-order chi connectivity index (χ1) is 5.27. The first-order valence-corrected chi connectivity index (χ1v) is 4.31. The van der Waals surface area contributed by atoms with Crippen molar-refractivity contribution in [2.45, 2.75) is 25.3 Å². The van der Waals surface area contributed by atoms with E-state index in [1.165, 1.54) is 12.8 Å². The number of fused-ring (bicyclic) bond motifs is 2. The zero-order valence-electron chi connectivity index (χ0n) is 6.62. The molecule has 2 aliphatic rings. The van der Waals surface area contributed by atoms with Crippen LogP contribution in [0.1, 0.15) is 19.3 Å². The normalized spacial score (nSPS) is 42.4. The molecule has 3 nitrogen and oxygen atoms in total. The van der Waals surface area contributed by atoms with Crippen LogP contribution >= 0.6 is 0 Å². The molecule has 3 atom stereocenters. The Morgan fingerprint density at radius 2 is 2.36 bits per heavy atom. The van der Waals surface area contributed by atoms with Crippen molar-refractivity contribution in [2.24, 2.45) is 11.7 Å². The fourth-order valence-electron chi connectivity index (χ4n) is 2.33. The minimum Gasteiger partial charge on any atom is -0.368 e. The Hall–Kier alpha value is -0.570. The van der Waals surface area contributed by atoms with E-state index in [2.05, 4.69) is 4.90 Å². The van der Waals surface area contributed by atoms with Gasteiger partial charge in [0, 0.05) is 6.54 Å². The van der Waals surface area contributed by atoms with E-state index in [1.807, 2.05) is 0 Å². The van der Waals surface area contributed by atoms with Gasteiger partial charge in [-0.3, -0.25) is 9.69 Å². The molecule has 2 rings (SSSR count). The molecule has 0 aromatic heterocycles. The summed E-state index contributed by atoms with van der Waals surface area (Å²) < 4.78 is 0. The first kappa shape index (κ1) is 7.10. The van der Waals surface area contributed by atoms with Crippen molar-refractivity contribution in [2.75, 3.05) is 13.1 Å². The molecule has 11 heavy (non-hydrogen) atoms. The molecule has 1 unspecified atom stereocenters. The number of amides is 1. The summed E-state index contributed by atoms with van der Waals surface area (Å²) in [6.07, 6.45) is 3.55. The van der Waals surface area contributed by atoms with Gasteiger partial charge in [0.2, 0.25) is 5.91 Å². The Bertz CT molecular complexity index is 181. The fourth-order valence-corrected chi connectivity index (χ4v) is 2.33. The molecule has 1 amide bonds. The molecule has 2 heterocycles. The van der Waals surface area contributed by atoms with E-state index in [-0.39, 0.29) is 11.9 Å². The van der Waals surface area contributed by atoms with Crippen LogP contribution in [0.3, 0.4) is 0 Å². The summed E-state index contributed by atoms with van der Waals surface area (Å²) in [5.74, 6) is 0.621. The minimum absolute atomic E-state index is 0.0579. The number of carbonyl (C=O) groups excluding carboxylic acids is 1. The Kier molecular flexibility index (Phi) is 1.60. The summed E-state index contributed by atoms with van der Waals surface area (Å²) in [4.78, 5) is 13.2. The number of hydrogen-bond acceptors (Lipinski definition) is 2. The summed E-state index contributed by atoms with van der Waals surface area (Å²) in [6.45, 7) is 2.18. The lowest BCUT2D eigenvalue weighted by molar-refractivity contribution is -0.122. The van der Waals surface area contributed by atoms with Crippen LogP contribution in [0.5, 0.6) is 0 Å². The number of hydrogen-bond donors (Lipinski definition) is 1. The lowest BCUT2D eigenvalue weighted by Crippen LogP contribution is -2.41. The molecule has 2 bridgehead atoms. The van der Waals surface area contributed by atoms with Gasteiger partial charge in [-0.2, -0.15) is 0 Å². The van der Waals surface area contributed by atoms with Crippen LogP contribution in [-0.2, 0) is 4.79 Å². The maximum absolute atomic E-state index is 10.9. The van der Waals surface area contributed by atoms with Gasteiger partial charge in [-0.05, 0) is 31.7 Å². The summed E-state index contributed by atoms with van der Waals surface area (Å²) in [5, 5.41) is 0. The number of rotatable bonds is 1. The molecule has 0 aromatic rings. The van der Waals surface area contributed by atoms with Gasteiger partial charge in [0.15, 0.2) is 0 Å².